The Labute approximate surface area is 110 Å². The molecule has 4 N–H and O–H groups in total. The average Bonchev–Trinajstić information content (AvgIpc) is 2.37. The van der Waals surface area contributed by atoms with E-state index in [-0.39, 0.29) is 0 Å². The molecule has 0 fully saturated rings. The second-order valence-electron chi connectivity index (χ2n) is 4.75. The Balaban J connectivity index is 5.51. The van der Waals surface area contributed by atoms with E-state index in [2.05, 4.69) is 77.2 Å². The molecule has 0 aromatic carbocycles. The average molecular weight is 283 g/mol. The molecule has 0 saturated carbocycles. The third-order valence-electron chi connectivity index (χ3n) is 4.35. The van der Waals surface area contributed by atoms with Crippen LogP contribution in [-0.4, -0.2) is 47.2 Å². The number of rotatable bonds is 8. The van der Waals surface area contributed by atoms with Gasteiger partial charge < -0.3 is 0 Å². The van der Waals surface area contributed by atoms with E-state index in [1.807, 2.05) is 0 Å². The topological polar surface area (TPSA) is 48.1 Å². The molecule has 0 aliphatic carbocycles. The summed E-state index contributed by atoms with van der Waals surface area (Å²) in [6.45, 7) is 9.34. The molecule has 0 aromatic heterocycles. The molecule has 4 atom stereocenters. The van der Waals surface area contributed by atoms with Gasteiger partial charge >= 0.3 is 110 Å². The van der Waals surface area contributed by atoms with Crippen molar-refractivity contribution in [3.63, 3.8) is 0 Å². The van der Waals surface area contributed by atoms with E-state index in [9.17, 15) is 0 Å². The van der Waals surface area contributed by atoms with Gasteiger partial charge in [0, 0.05) is 0 Å². The van der Waals surface area contributed by atoms with E-state index in [1.165, 1.54) is 0 Å². The molecule has 0 aromatic rings. The molecule has 0 saturated heterocycles. The van der Waals surface area contributed by atoms with Crippen LogP contribution in [-0.2, 0) is 14.0 Å². The predicted octanol–water partition coefficient (Wildman–Crippen LogP) is 0.402. The molecule has 0 amide bonds. The molecular weight excluding hydrogens is 251 g/mol. The van der Waals surface area contributed by atoms with Gasteiger partial charge in [0.25, 0.3) is 0 Å². The van der Waals surface area contributed by atoms with E-state index < -0.39 is 14.0 Å². The van der Waals surface area contributed by atoms with Crippen LogP contribution in [0.4, 0.5) is 0 Å². The summed E-state index contributed by atoms with van der Waals surface area (Å²) in [7, 11) is 8.31. The van der Waals surface area contributed by atoms with Crippen molar-refractivity contribution in [2.24, 2.45) is 0 Å². The van der Waals surface area contributed by atoms with Crippen LogP contribution in [0, 0.1) is 0 Å². The van der Waals surface area contributed by atoms with Gasteiger partial charge in [0.1, 0.15) is 0 Å². The van der Waals surface area contributed by atoms with Gasteiger partial charge in [-0.15, -0.1) is 0 Å². The zero-order valence-electron chi connectivity index (χ0n) is 12.8. The van der Waals surface area contributed by atoms with Gasteiger partial charge in [0.2, 0.25) is 0 Å². The zero-order valence-corrected chi connectivity index (χ0v) is 14.2. The van der Waals surface area contributed by atoms with Crippen molar-refractivity contribution in [2.45, 2.75) is 46.7 Å². The van der Waals surface area contributed by atoms with Crippen LogP contribution >= 0.6 is 0 Å². The minimum absolute atomic E-state index is 0.570. The van der Waals surface area contributed by atoms with E-state index in [4.69, 9.17) is 0 Å². The maximum atomic E-state index is 3.51. The fourth-order valence-electron chi connectivity index (χ4n) is 2.91. The Morgan fingerprint density at radius 2 is 0.706 bits per heavy atom. The molecule has 4 nitrogen and oxygen atoms in total. The van der Waals surface area contributed by atoms with Crippen LogP contribution in [0.3, 0.4) is 0 Å². The van der Waals surface area contributed by atoms with E-state index in [0.717, 1.165) is 0 Å². The Morgan fingerprint density at radius 3 is 0.824 bits per heavy atom. The Bertz CT molecular complexity index is 167. The first-order chi connectivity index (χ1) is 7.93. The Morgan fingerprint density at radius 1 is 0.529 bits per heavy atom. The first kappa shape index (κ1) is 17.4. The Kier molecular flexibility index (Phi) is 7.96. The SMILES string of the molecule is CN[CH](C)[V]([CH](C)NC)([CH](C)NC)[CH](C)NC. The zero-order chi connectivity index (χ0) is 13.6. The van der Waals surface area contributed by atoms with Crippen molar-refractivity contribution >= 4 is 0 Å². The summed E-state index contributed by atoms with van der Waals surface area (Å²) in [5.74, 6) is 0. The van der Waals surface area contributed by atoms with Gasteiger partial charge in [0.05, 0.1) is 0 Å². The molecule has 4 unspecified atom stereocenters. The molecule has 0 heterocycles. The van der Waals surface area contributed by atoms with Crippen molar-refractivity contribution in [3.8, 4) is 0 Å². The van der Waals surface area contributed by atoms with Crippen molar-refractivity contribution in [1.82, 2.24) is 21.3 Å². The summed E-state index contributed by atoms with van der Waals surface area (Å²) in [4.78, 5) is 0. The molecule has 17 heavy (non-hydrogen) atoms. The molecule has 0 rings (SSSR count). The van der Waals surface area contributed by atoms with E-state index >= 15 is 0 Å². The maximum absolute atomic E-state index is 3.51. The minimum atomic E-state index is -2.07. The van der Waals surface area contributed by atoms with Gasteiger partial charge in [-0.2, -0.15) is 0 Å². The predicted molar refractivity (Wildman–Crippen MR) is 74.1 cm³/mol. The van der Waals surface area contributed by atoms with Gasteiger partial charge in [-0.1, -0.05) is 0 Å². The first-order valence-corrected chi connectivity index (χ1v) is 9.72. The third kappa shape index (κ3) is 3.25. The second-order valence-corrected chi connectivity index (χ2v) is 12.4. The quantitative estimate of drug-likeness (QED) is 0.521. The molecular formula is C12H32N4V. The molecule has 105 valence electrons. The Hall–Kier alpha value is 0.424. The molecule has 5 heteroatoms. The van der Waals surface area contributed by atoms with Crippen LogP contribution in [0.2, 0.25) is 0 Å². The van der Waals surface area contributed by atoms with E-state index in [0.29, 0.717) is 19.0 Å². The third-order valence-corrected chi connectivity index (χ3v) is 14.3. The van der Waals surface area contributed by atoms with Crippen molar-refractivity contribution in [3.05, 3.63) is 0 Å². The molecule has 0 radical (unpaired) electrons. The monoisotopic (exact) mass is 283 g/mol. The van der Waals surface area contributed by atoms with Crippen LogP contribution < -0.4 is 21.3 Å². The standard InChI is InChI=1S/4C3H8N.V/c4*1-3-4-2;/h4*3-4H,1-2H3;. The van der Waals surface area contributed by atoms with Crippen molar-refractivity contribution in [1.29, 1.82) is 0 Å². The summed E-state index contributed by atoms with van der Waals surface area (Å²) in [5.41, 5.74) is 0. The summed E-state index contributed by atoms with van der Waals surface area (Å²) in [6.07, 6.45) is 0. The van der Waals surface area contributed by atoms with Gasteiger partial charge in [0.15, 0.2) is 0 Å². The van der Waals surface area contributed by atoms with Crippen LogP contribution in [0.25, 0.3) is 0 Å². The van der Waals surface area contributed by atoms with E-state index in [1.54, 1.807) is 0 Å². The molecule has 0 spiro atoms. The molecule has 0 bridgehead atoms. The number of nitrogens with one attached hydrogen (secondary N) is 4. The number of hydrogen-bond donors (Lipinski definition) is 4. The second kappa shape index (κ2) is 7.77. The van der Waals surface area contributed by atoms with Gasteiger partial charge in [-0.25, -0.2) is 0 Å². The number of hydrogen-bond acceptors (Lipinski definition) is 4. The summed E-state index contributed by atoms with van der Waals surface area (Å²) in [6, 6.07) is 0. The molecule has 0 aliphatic rings. The van der Waals surface area contributed by atoms with Crippen molar-refractivity contribution < 1.29 is 14.0 Å². The fraction of sp³-hybridized carbons (Fsp3) is 1.00. The van der Waals surface area contributed by atoms with Crippen LogP contribution in [0.15, 0.2) is 0 Å². The fourth-order valence-corrected chi connectivity index (χ4v) is 12.0. The summed E-state index contributed by atoms with van der Waals surface area (Å²) < 4.78 is 2.28. The van der Waals surface area contributed by atoms with Crippen molar-refractivity contribution in [2.75, 3.05) is 28.2 Å². The first-order valence-electron chi connectivity index (χ1n) is 6.50. The van der Waals surface area contributed by atoms with Gasteiger partial charge in [-0.05, 0) is 0 Å². The van der Waals surface area contributed by atoms with Crippen LogP contribution in [0.1, 0.15) is 27.7 Å². The molecule has 0 aliphatic heterocycles. The summed E-state index contributed by atoms with van der Waals surface area (Å²) >= 11 is -2.07. The normalized spacial score (nSPS) is 22.6. The van der Waals surface area contributed by atoms with Crippen LogP contribution in [0.5, 0.6) is 0 Å². The van der Waals surface area contributed by atoms with Gasteiger partial charge in [-0.3, -0.25) is 0 Å². The summed E-state index contributed by atoms with van der Waals surface area (Å²) in [5, 5.41) is 14.0.